The number of rotatable bonds is 6. The highest BCUT2D eigenvalue weighted by Gasteiger charge is 2.15. The van der Waals surface area contributed by atoms with Crippen molar-refractivity contribution < 1.29 is 9.90 Å². The summed E-state index contributed by atoms with van der Waals surface area (Å²) in [5, 5.41) is 12.1. The molecule has 2 aromatic carbocycles. The fourth-order valence-corrected chi connectivity index (χ4v) is 4.40. The van der Waals surface area contributed by atoms with Crippen molar-refractivity contribution in [2.24, 2.45) is 0 Å². The molecule has 2 aromatic heterocycles. The highest BCUT2D eigenvalue weighted by molar-refractivity contribution is 7.11. The molecule has 0 bridgehead atoms. The number of carbonyl (C=O) groups is 1. The number of H-pyrrole nitrogens is 1. The molecule has 4 heteroatoms. The van der Waals surface area contributed by atoms with Crippen molar-refractivity contribution in [1.29, 1.82) is 0 Å². The van der Waals surface area contributed by atoms with Gasteiger partial charge in [0.25, 0.3) is 0 Å². The fourth-order valence-electron chi connectivity index (χ4n) is 3.55. The van der Waals surface area contributed by atoms with Crippen LogP contribution in [0.5, 0.6) is 0 Å². The van der Waals surface area contributed by atoms with Gasteiger partial charge in [-0.05, 0) is 52.8 Å². The van der Waals surface area contributed by atoms with E-state index in [1.54, 1.807) is 17.4 Å². The van der Waals surface area contributed by atoms with Gasteiger partial charge in [0, 0.05) is 33.1 Å². The van der Waals surface area contributed by atoms with E-state index in [9.17, 15) is 4.79 Å². The second-order valence-corrected chi connectivity index (χ2v) is 7.70. The number of nitrogens with one attached hydrogen (secondary N) is 1. The average molecular weight is 400 g/mol. The lowest BCUT2D eigenvalue weighted by atomic mass is 9.93. The van der Waals surface area contributed by atoms with Gasteiger partial charge in [-0.2, -0.15) is 0 Å². The summed E-state index contributed by atoms with van der Waals surface area (Å²) >= 11 is 1.75. The number of benzene rings is 2. The summed E-state index contributed by atoms with van der Waals surface area (Å²) in [4.78, 5) is 15.6. The molecule has 0 spiro atoms. The minimum atomic E-state index is -0.946. The van der Waals surface area contributed by atoms with Crippen molar-refractivity contribution in [3.63, 3.8) is 0 Å². The molecule has 0 aliphatic heterocycles. The Hall–Kier alpha value is -3.37. The third-order valence-corrected chi connectivity index (χ3v) is 5.82. The standard InChI is InChI=1S/C25H21NO2S/c1-2-20(23-8-5-15-29-23)25(22-16-19-6-3-4-7-21(19)26-22)18-12-9-17(10-13-18)11-14-24(27)28/h3-16,26H,2H2,1H3,(H,27,28)/b14-11+,25-20+. The Bertz CT molecular complexity index is 1160. The van der Waals surface area contributed by atoms with Crippen molar-refractivity contribution in [3.8, 4) is 0 Å². The number of hydrogen-bond acceptors (Lipinski definition) is 2. The molecule has 0 aliphatic rings. The van der Waals surface area contributed by atoms with E-state index in [0.29, 0.717) is 0 Å². The number of allylic oxidation sites excluding steroid dienone is 1. The van der Waals surface area contributed by atoms with Crippen molar-refractivity contribution >= 4 is 45.4 Å². The summed E-state index contributed by atoms with van der Waals surface area (Å²) in [5.74, 6) is -0.946. The van der Waals surface area contributed by atoms with E-state index in [-0.39, 0.29) is 0 Å². The molecule has 0 radical (unpaired) electrons. The fraction of sp³-hybridized carbons (Fsp3) is 0.0800. The number of aromatic amines is 1. The van der Waals surface area contributed by atoms with Crippen LogP contribution in [0, 0.1) is 0 Å². The number of para-hydroxylation sites is 1. The zero-order chi connectivity index (χ0) is 20.2. The molecule has 29 heavy (non-hydrogen) atoms. The number of thiophene rings is 1. The first-order valence-electron chi connectivity index (χ1n) is 9.52. The maximum absolute atomic E-state index is 10.8. The summed E-state index contributed by atoms with van der Waals surface area (Å²) in [7, 11) is 0. The van der Waals surface area contributed by atoms with Crippen LogP contribution in [0.3, 0.4) is 0 Å². The maximum atomic E-state index is 10.8. The number of hydrogen-bond donors (Lipinski definition) is 2. The first-order valence-corrected chi connectivity index (χ1v) is 10.4. The summed E-state index contributed by atoms with van der Waals surface area (Å²) in [6.07, 6.45) is 3.68. The Morgan fingerprint density at radius 3 is 2.52 bits per heavy atom. The largest absolute Gasteiger partial charge is 0.478 e. The molecule has 2 heterocycles. The first-order chi connectivity index (χ1) is 14.2. The highest BCUT2D eigenvalue weighted by Crippen LogP contribution is 2.37. The maximum Gasteiger partial charge on any atom is 0.328 e. The van der Waals surface area contributed by atoms with Gasteiger partial charge in [0.1, 0.15) is 0 Å². The molecule has 0 saturated carbocycles. The van der Waals surface area contributed by atoms with Crippen molar-refractivity contribution in [2.45, 2.75) is 13.3 Å². The highest BCUT2D eigenvalue weighted by atomic mass is 32.1. The van der Waals surface area contributed by atoms with Crippen molar-refractivity contribution in [2.75, 3.05) is 0 Å². The minimum absolute atomic E-state index is 0.862. The van der Waals surface area contributed by atoms with Crippen LogP contribution >= 0.6 is 11.3 Å². The van der Waals surface area contributed by atoms with Crippen LogP contribution in [-0.4, -0.2) is 16.1 Å². The topological polar surface area (TPSA) is 53.1 Å². The summed E-state index contributed by atoms with van der Waals surface area (Å²) in [6.45, 7) is 2.18. The zero-order valence-corrected chi connectivity index (χ0v) is 16.9. The van der Waals surface area contributed by atoms with E-state index < -0.39 is 5.97 Å². The Kier molecular flexibility index (Phi) is 5.45. The van der Waals surface area contributed by atoms with Gasteiger partial charge in [-0.3, -0.25) is 0 Å². The van der Waals surface area contributed by atoms with E-state index in [1.807, 2.05) is 24.3 Å². The molecule has 3 nitrogen and oxygen atoms in total. The first kappa shape index (κ1) is 19.0. The molecule has 0 amide bonds. The summed E-state index contributed by atoms with van der Waals surface area (Å²) in [6, 6.07) is 22.8. The normalized spacial score (nSPS) is 12.4. The van der Waals surface area contributed by atoms with Crippen molar-refractivity contribution in [1.82, 2.24) is 4.98 Å². The molecule has 0 atom stereocenters. The number of carboxylic acids is 1. The average Bonchev–Trinajstić information content (AvgIpc) is 3.40. The van der Waals surface area contributed by atoms with Gasteiger partial charge in [-0.15, -0.1) is 11.3 Å². The molecule has 4 rings (SSSR count). The van der Waals surface area contributed by atoms with E-state index in [0.717, 1.165) is 34.8 Å². The molecule has 0 aliphatic carbocycles. The zero-order valence-electron chi connectivity index (χ0n) is 16.1. The Labute approximate surface area is 173 Å². The van der Waals surface area contributed by atoms with Crippen LogP contribution in [0.15, 0.2) is 78.2 Å². The van der Waals surface area contributed by atoms with E-state index in [4.69, 9.17) is 5.11 Å². The second kappa shape index (κ2) is 8.33. The molecular formula is C25H21NO2S. The molecule has 0 saturated heterocycles. The Morgan fingerprint density at radius 2 is 1.86 bits per heavy atom. The number of carboxylic acid groups (broad SMARTS) is 1. The van der Waals surface area contributed by atoms with Crippen LogP contribution in [0.25, 0.3) is 28.1 Å². The van der Waals surface area contributed by atoms with Gasteiger partial charge in [-0.25, -0.2) is 4.79 Å². The third kappa shape index (κ3) is 4.08. The van der Waals surface area contributed by atoms with Crippen LogP contribution in [0.2, 0.25) is 0 Å². The molecule has 0 unspecified atom stereocenters. The van der Waals surface area contributed by atoms with Gasteiger partial charge in [0.15, 0.2) is 0 Å². The van der Waals surface area contributed by atoms with Crippen LogP contribution < -0.4 is 0 Å². The van der Waals surface area contributed by atoms with Crippen LogP contribution in [0.4, 0.5) is 0 Å². The monoisotopic (exact) mass is 399 g/mol. The lowest BCUT2D eigenvalue weighted by molar-refractivity contribution is -0.131. The number of aromatic nitrogens is 1. The van der Waals surface area contributed by atoms with Crippen LogP contribution in [-0.2, 0) is 4.79 Å². The predicted molar refractivity (Wildman–Crippen MR) is 122 cm³/mol. The third-order valence-electron chi connectivity index (χ3n) is 4.89. The predicted octanol–water partition coefficient (Wildman–Crippen LogP) is 6.70. The molecule has 0 fully saturated rings. The van der Waals surface area contributed by atoms with E-state index in [2.05, 4.69) is 59.8 Å². The quantitative estimate of drug-likeness (QED) is 0.355. The molecule has 2 N–H and O–H groups in total. The Morgan fingerprint density at radius 1 is 1.07 bits per heavy atom. The van der Waals surface area contributed by atoms with Crippen molar-refractivity contribution in [3.05, 3.63) is 99.9 Å². The smallest absolute Gasteiger partial charge is 0.328 e. The summed E-state index contributed by atoms with van der Waals surface area (Å²) < 4.78 is 0. The van der Waals surface area contributed by atoms with Gasteiger partial charge >= 0.3 is 5.97 Å². The Balaban J connectivity index is 1.88. The number of fused-ring (bicyclic) bond motifs is 1. The number of aliphatic carboxylic acids is 1. The van der Waals surface area contributed by atoms with Gasteiger partial charge in [0.05, 0.1) is 0 Å². The molecular weight excluding hydrogens is 378 g/mol. The van der Waals surface area contributed by atoms with E-state index >= 15 is 0 Å². The SMILES string of the molecule is CC/C(=C(/c1ccc(/C=C/C(=O)O)cc1)c1cc2ccccc2[nH]1)c1cccs1. The second-order valence-electron chi connectivity index (χ2n) is 6.75. The van der Waals surface area contributed by atoms with E-state index in [1.165, 1.54) is 21.4 Å². The lowest BCUT2D eigenvalue weighted by Gasteiger charge is -2.13. The van der Waals surface area contributed by atoms with Crippen LogP contribution in [0.1, 0.15) is 35.0 Å². The summed E-state index contributed by atoms with van der Waals surface area (Å²) in [5.41, 5.74) is 6.64. The lowest BCUT2D eigenvalue weighted by Crippen LogP contribution is -1.94. The molecule has 144 valence electrons. The van der Waals surface area contributed by atoms with Gasteiger partial charge < -0.3 is 10.1 Å². The minimum Gasteiger partial charge on any atom is -0.478 e. The van der Waals surface area contributed by atoms with Gasteiger partial charge in [0.2, 0.25) is 0 Å². The van der Waals surface area contributed by atoms with Gasteiger partial charge in [-0.1, -0.05) is 55.5 Å². The molecule has 4 aromatic rings.